The van der Waals surface area contributed by atoms with Crippen LogP contribution in [0.4, 0.5) is 24.5 Å². The predicted molar refractivity (Wildman–Crippen MR) is 188 cm³/mol. The van der Waals surface area contributed by atoms with Gasteiger partial charge in [-0.1, -0.05) is 13.0 Å². The minimum atomic E-state index is -4.63. The van der Waals surface area contributed by atoms with Gasteiger partial charge in [-0.05, 0) is 88.0 Å². The molecule has 3 rings (SSSR count). The third-order valence-corrected chi connectivity index (χ3v) is 7.92. The lowest BCUT2D eigenvalue weighted by atomic mass is 9.96. The second-order valence-electron chi connectivity index (χ2n) is 12.3. The second kappa shape index (κ2) is 16.7. The Labute approximate surface area is 285 Å². The molecular weight excluding hydrogens is 637 g/mol. The number of nitrogens with one attached hydrogen (secondary N) is 1. The summed E-state index contributed by atoms with van der Waals surface area (Å²) in [5, 5.41) is 13.6. The molecule has 1 aromatic heterocycles. The summed E-state index contributed by atoms with van der Waals surface area (Å²) in [6.45, 7) is 7.11. The first-order chi connectivity index (χ1) is 22.9. The molecule has 0 aliphatic carbocycles. The number of hydrogen-bond donors (Lipinski definition) is 5. The van der Waals surface area contributed by atoms with Crippen molar-refractivity contribution in [3.8, 4) is 5.75 Å². The number of anilines is 2. The lowest BCUT2D eigenvalue weighted by Gasteiger charge is -2.31. The number of hydrazine groups is 1. The molecule has 14 heteroatoms. The molecule has 11 nitrogen and oxygen atoms in total. The molecule has 1 atom stereocenters. The number of alkyl halides is 3. The zero-order valence-corrected chi connectivity index (χ0v) is 28.8. The van der Waals surface area contributed by atoms with Crippen LogP contribution in [0.2, 0.25) is 0 Å². The average molecular weight is 685 g/mol. The van der Waals surface area contributed by atoms with E-state index in [9.17, 15) is 23.1 Å². The summed E-state index contributed by atoms with van der Waals surface area (Å²) in [6.07, 6.45) is 2.18. The highest BCUT2D eigenvalue weighted by molar-refractivity contribution is 6.05. The Morgan fingerprint density at radius 2 is 1.76 bits per heavy atom. The summed E-state index contributed by atoms with van der Waals surface area (Å²) in [5.74, 6) is 6.35. The molecule has 2 aromatic carbocycles. The highest BCUT2D eigenvalue weighted by atomic mass is 19.4. The van der Waals surface area contributed by atoms with Crippen molar-refractivity contribution in [1.82, 2.24) is 14.8 Å². The van der Waals surface area contributed by atoms with Crippen LogP contribution in [0.15, 0.2) is 72.9 Å². The fourth-order valence-corrected chi connectivity index (χ4v) is 5.22. The summed E-state index contributed by atoms with van der Waals surface area (Å²) in [5.41, 5.74) is 13.7. The van der Waals surface area contributed by atoms with Gasteiger partial charge < -0.3 is 36.4 Å². The SMILES string of the molecule is CCC(N)(/C=C(\C)O)CN(C)CCN(C)Cc1cc(NC(=O)c2ccc(C)c(N(N)/C=C(\N)c3cncc(OC)c3)c2)cc(C(F)(F)F)c1. The highest BCUT2D eigenvalue weighted by Gasteiger charge is 2.31. The zero-order valence-electron chi connectivity index (χ0n) is 28.8. The number of aryl methyl sites for hydroxylation is 1. The van der Waals surface area contributed by atoms with Gasteiger partial charge in [-0.2, -0.15) is 13.2 Å². The molecule has 0 aliphatic rings. The molecule has 1 heterocycles. The number of hydrogen-bond acceptors (Lipinski definition) is 10. The number of nitrogens with two attached hydrogens (primary N) is 3. The van der Waals surface area contributed by atoms with E-state index in [4.69, 9.17) is 22.0 Å². The number of methoxy groups -OCH3 is 1. The van der Waals surface area contributed by atoms with Crippen LogP contribution < -0.4 is 32.4 Å². The molecule has 0 radical (unpaired) electrons. The Balaban J connectivity index is 1.77. The van der Waals surface area contributed by atoms with E-state index in [0.717, 1.165) is 17.7 Å². The quantitative estimate of drug-likeness (QED) is 0.0814. The topological polar surface area (TPSA) is 159 Å². The van der Waals surface area contributed by atoms with E-state index in [-0.39, 0.29) is 23.6 Å². The minimum Gasteiger partial charge on any atom is -0.513 e. The van der Waals surface area contributed by atoms with Crippen LogP contribution in [0.5, 0.6) is 5.75 Å². The number of aliphatic hydroxyl groups is 1. The number of ether oxygens (including phenoxy) is 1. The number of likely N-dealkylation sites (N-methyl/N-ethyl adjacent to an activating group) is 2. The largest absolute Gasteiger partial charge is 0.513 e. The van der Waals surface area contributed by atoms with Gasteiger partial charge in [0.1, 0.15) is 5.75 Å². The van der Waals surface area contributed by atoms with Crippen LogP contribution >= 0.6 is 0 Å². The number of rotatable bonds is 15. The zero-order chi connectivity index (χ0) is 36.5. The number of pyridine rings is 1. The van der Waals surface area contributed by atoms with Crippen LogP contribution in [0.25, 0.3) is 5.70 Å². The van der Waals surface area contributed by atoms with E-state index < -0.39 is 23.2 Å². The van der Waals surface area contributed by atoms with Crippen molar-refractivity contribution in [3.05, 3.63) is 101 Å². The van der Waals surface area contributed by atoms with Gasteiger partial charge in [0.15, 0.2) is 0 Å². The molecule has 3 aromatic rings. The standard InChI is InChI=1S/C35H47F3N8O3/c1-7-34(40,17-24(3)47)22-45(5)11-10-44(4)20-25-12-28(35(36,37)38)16-29(13-25)43-33(48)26-9-8-23(2)32(15-26)46(41)21-31(39)27-14-30(49-6)19-42-18-27/h8-9,12-19,21,47H,7,10-11,20,22,39-41H2,1-6H3,(H,43,48)/b24-17+,31-21-. The lowest BCUT2D eigenvalue weighted by molar-refractivity contribution is -0.137. The number of aromatic nitrogens is 1. The molecule has 0 saturated heterocycles. The first-order valence-electron chi connectivity index (χ1n) is 15.6. The van der Waals surface area contributed by atoms with Gasteiger partial charge in [0.2, 0.25) is 0 Å². The number of benzene rings is 2. The van der Waals surface area contributed by atoms with Crippen molar-refractivity contribution < 1.29 is 27.8 Å². The van der Waals surface area contributed by atoms with Gasteiger partial charge in [-0.3, -0.25) is 14.8 Å². The number of nitrogens with zero attached hydrogens (tertiary/aromatic N) is 4. The molecule has 1 unspecified atom stereocenters. The second-order valence-corrected chi connectivity index (χ2v) is 12.3. The Bertz CT molecular complexity index is 1660. The van der Waals surface area contributed by atoms with Gasteiger partial charge in [-0.25, -0.2) is 5.84 Å². The molecule has 0 spiro atoms. The van der Waals surface area contributed by atoms with Crippen LogP contribution in [-0.2, 0) is 12.7 Å². The Hall–Kier alpha value is -4.63. The van der Waals surface area contributed by atoms with Crippen LogP contribution in [0.1, 0.15) is 52.9 Å². The maximum absolute atomic E-state index is 13.9. The Morgan fingerprint density at radius 1 is 1.06 bits per heavy atom. The molecule has 0 saturated carbocycles. The predicted octanol–water partition coefficient (Wildman–Crippen LogP) is 5.24. The molecule has 1 amide bonds. The van der Waals surface area contributed by atoms with Crippen LogP contribution in [-0.4, -0.2) is 72.2 Å². The molecule has 0 fully saturated rings. The summed E-state index contributed by atoms with van der Waals surface area (Å²) >= 11 is 0. The van der Waals surface area contributed by atoms with Crippen molar-refractivity contribution in [2.45, 2.75) is 45.5 Å². The normalized spacial score (nSPS) is 13.8. The maximum atomic E-state index is 13.9. The van der Waals surface area contributed by atoms with Crippen molar-refractivity contribution >= 4 is 23.0 Å². The molecule has 266 valence electrons. The van der Waals surface area contributed by atoms with Crippen molar-refractivity contribution in [2.24, 2.45) is 17.3 Å². The van der Waals surface area contributed by atoms with Crippen LogP contribution in [0, 0.1) is 6.92 Å². The fourth-order valence-electron chi connectivity index (χ4n) is 5.22. The fraction of sp³-hybridized carbons (Fsp3) is 0.371. The molecule has 0 bridgehead atoms. The highest BCUT2D eigenvalue weighted by Crippen LogP contribution is 2.33. The number of amides is 1. The Morgan fingerprint density at radius 3 is 2.39 bits per heavy atom. The van der Waals surface area contributed by atoms with Crippen molar-refractivity contribution in [1.29, 1.82) is 0 Å². The van der Waals surface area contributed by atoms with E-state index in [1.54, 1.807) is 51.4 Å². The third-order valence-electron chi connectivity index (χ3n) is 7.92. The number of carbonyl (C=O) groups is 1. The van der Waals surface area contributed by atoms with E-state index in [1.165, 1.54) is 36.6 Å². The van der Waals surface area contributed by atoms with E-state index in [1.807, 2.05) is 23.8 Å². The summed E-state index contributed by atoms with van der Waals surface area (Å²) in [4.78, 5) is 21.3. The Kier molecular flexibility index (Phi) is 13.2. The van der Waals surface area contributed by atoms with E-state index in [0.29, 0.717) is 54.3 Å². The first kappa shape index (κ1) is 38.8. The van der Waals surface area contributed by atoms with Gasteiger partial charge in [-0.15, -0.1) is 0 Å². The lowest BCUT2D eigenvalue weighted by Crippen LogP contribution is -2.48. The number of allylic oxidation sites excluding steroid dienone is 1. The van der Waals surface area contributed by atoms with Gasteiger partial charge >= 0.3 is 6.18 Å². The molecule has 49 heavy (non-hydrogen) atoms. The number of halogens is 3. The number of carbonyl (C=O) groups excluding carboxylic acids is 1. The van der Waals surface area contributed by atoms with Crippen LogP contribution in [0.3, 0.4) is 0 Å². The van der Waals surface area contributed by atoms with Crippen molar-refractivity contribution in [2.75, 3.05) is 51.2 Å². The monoisotopic (exact) mass is 684 g/mol. The third kappa shape index (κ3) is 11.5. The van der Waals surface area contributed by atoms with E-state index in [2.05, 4.69) is 10.3 Å². The van der Waals surface area contributed by atoms with Gasteiger partial charge in [0.05, 0.1) is 41.6 Å². The molecule has 0 aliphatic heterocycles. The molecular formula is C35H47F3N8O3. The molecule has 8 N–H and O–H groups in total. The van der Waals surface area contributed by atoms with Gasteiger partial charge in [0.25, 0.3) is 5.91 Å². The number of aliphatic hydroxyl groups excluding tert-OH is 1. The van der Waals surface area contributed by atoms with Gasteiger partial charge in [0, 0.05) is 55.4 Å². The summed E-state index contributed by atoms with van der Waals surface area (Å²) in [6, 6.07) is 9.99. The minimum absolute atomic E-state index is 0.00348. The summed E-state index contributed by atoms with van der Waals surface area (Å²) < 4.78 is 47.0. The maximum Gasteiger partial charge on any atom is 0.416 e. The summed E-state index contributed by atoms with van der Waals surface area (Å²) in [7, 11) is 5.21. The van der Waals surface area contributed by atoms with Crippen molar-refractivity contribution in [3.63, 3.8) is 0 Å². The average Bonchev–Trinajstić information content (AvgIpc) is 3.03. The van der Waals surface area contributed by atoms with E-state index >= 15 is 0 Å². The smallest absolute Gasteiger partial charge is 0.416 e. The first-order valence-corrected chi connectivity index (χ1v) is 15.6.